The summed E-state index contributed by atoms with van der Waals surface area (Å²) >= 11 is 1.14. The summed E-state index contributed by atoms with van der Waals surface area (Å²) in [5.74, 6) is -0.747. The van der Waals surface area contributed by atoms with Gasteiger partial charge in [-0.05, 0) is 38.1 Å². The predicted molar refractivity (Wildman–Crippen MR) is 86.8 cm³/mol. The fourth-order valence-corrected chi connectivity index (χ4v) is 2.80. The second-order valence-corrected chi connectivity index (χ2v) is 6.16. The lowest BCUT2D eigenvalue weighted by molar-refractivity contribution is -0.115. The molecule has 0 fully saturated rings. The van der Waals surface area contributed by atoms with E-state index in [2.05, 4.69) is 5.32 Å². The summed E-state index contributed by atoms with van der Waals surface area (Å²) in [4.78, 5) is 24.2. The van der Waals surface area contributed by atoms with Gasteiger partial charge in [-0.2, -0.15) is 0 Å². The highest BCUT2D eigenvalue weighted by Gasteiger charge is 2.18. The number of amides is 1. The molecule has 0 spiro atoms. The second kappa shape index (κ2) is 7.22. The van der Waals surface area contributed by atoms with Crippen LogP contribution in [0.15, 0.2) is 53.4 Å². The Bertz CT molecular complexity index is 703. The van der Waals surface area contributed by atoms with Crippen LogP contribution in [-0.4, -0.2) is 16.9 Å². The van der Waals surface area contributed by atoms with Crippen molar-refractivity contribution in [2.75, 3.05) is 5.32 Å². The Labute approximate surface area is 132 Å². The monoisotopic (exact) mass is 317 g/mol. The highest BCUT2D eigenvalue weighted by atomic mass is 32.2. The first-order chi connectivity index (χ1) is 10.5. The number of Topliss-reactive ketones (excluding diaryl/α,β-unsaturated/α-hetero) is 1. The van der Waals surface area contributed by atoms with Crippen molar-refractivity contribution in [3.05, 3.63) is 59.9 Å². The molecule has 1 atom stereocenters. The first kappa shape index (κ1) is 16.2. The number of rotatable bonds is 5. The standard InChI is InChI=1S/C17H16FNO2S/c1-11(20)13-7-3-5-9-15(13)19-17(21)12(2)22-16-10-6-4-8-14(16)18/h3-10,12H,1-2H3,(H,19,21)/t12-/m0/s1. The maximum Gasteiger partial charge on any atom is 0.237 e. The molecular weight excluding hydrogens is 301 g/mol. The number of benzene rings is 2. The zero-order valence-electron chi connectivity index (χ0n) is 12.3. The average molecular weight is 317 g/mol. The molecule has 114 valence electrons. The van der Waals surface area contributed by atoms with E-state index in [1.54, 1.807) is 49.4 Å². The Morgan fingerprint density at radius 3 is 2.41 bits per heavy atom. The molecule has 0 aliphatic rings. The van der Waals surface area contributed by atoms with Gasteiger partial charge in [0.25, 0.3) is 0 Å². The van der Waals surface area contributed by atoms with E-state index in [0.29, 0.717) is 16.1 Å². The van der Waals surface area contributed by atoms with E-state index in [4.69, 9.17) is 0 Å². The summed E-state index contributed by atoms with van der Waals surface area (Å²) in [7, 11) is 0. The van der Waals surface area contributed by atoms with Crippen LogP contribution in [-0.2, 0) is 4.79 Å². The summed E-state index contributed by atoms with van der Waals surface area (Å²) in [6.07, 6.45) is 0. The minimum absolute atomic E-state index is 0.120. The van der Waals surface area contributed by atoms with E-state index in [-0.39, 0.29) is 17.5 Å². The van der Waals surface area contributed by atoms with E-state index in [9.17, 15) is 14.0 Å². The molecule has 3 nitrogen and oxygen atoms in total. The van der Waals surface area contributed by atoms with E-state index in [1.807, 2.05) is 0 Å². The number of ketones is 1. The minimum Gasteiger partial charge on any atom is -0.324 e. The summed E-state index contributed by atoms with van der Waals surface area (Å²) in [6, 6.07) is 13.1. The van der Waals surface area contributed by atoms with Gasteiger partial charge in [-0.15, -0.1) is 11.8 Å². The SMILES string of the molecule is CC(=O)c1ccccc1NC(=O)[C@H](C)Sc1ccccc1F. The van der Waals surface area contributed by atoms with E-state index in [0.717, 1.165) is 11.8 Å². The molecule has 0 aliphatic carbocycles. The number of thioether (sulfide) groups is 1. The van der Waals surface area contributed by atoms with Crippen molar-refractivity contribution >= 4 is 29.1 Å². The number of carbonyl (C=O) groups is 2. The molecule has 1 amide bonds. The molecule has 2 aromatic carbocycles. The zero-order valence-corrected chi connectivity index (χ0v) is 13.1. The molecule has 0 unspecified atom stereocenters. The molecule has 0 saturated carbocycles. The molecule has 2 aromatic rings. The second-order valence-electron chi connectivity index (χ2n) is 4.78. The van der Waals surface area contributed by atoms with Gasteiger partial charge >= 0.3 is 0 Å². The van der Waals surface area contributed by atoms with Gasteiger partial charge < -0.3 is 5.32 Å². The van der Waals surface area contributed by atoms with Crippen molar-refractivity contribution in [1.82, 2.24) is 0 Å². The number of carbonyl (C=O) groups excluding carboxylic acids is 2. The number of anilines is 1. The van der Waals surface area contributed by atoms with E-state index in [1.165, 1.54) is 13.0 Å². The first-order valence-corrected chi connectivity index (χ1v) is 7.69. The number of hydrogen-bond donors (Lipinski definition) is 1. The zero-order chi connectivity index (χ0) is 16.1. The van der Waals surface area contributed by atoms with Gasteiger partial charge in [-0.3, -0.25) is 9.59 Å². The van der Waals surface area contributed by atoms with Crippen LogP contribution in [0.25, 0.3) is 0 Å². The third-order valence-corrected chi connectivity index (χ3v) is 4.23. The largest absolute Gasteiger partial charge is 0.324 e. The van der Waals surface area contributed by atoms with Gasteiger partial charge in [0.2, 0.25) is 5.91 Å². The van der Waals surface area contributed by atoms with Gasteiger partial charge in [0.1, 0.15) is 5.82 Å². The highest BCUT2D eigenvalue weighted by Crippen LogP contribution is 2.27. The molecule has 0 saturated heterocycles. The maximum atomic E-state index is 13.6. The van der Waals surface area contributed by atoms with Crippen molar-refractivity contribution in [1.29, 1.82) is 0 Å². The molecule has 1 N–H and O–H groups in total. The topological polar surface area (TPSA) is 46.2 Å². The fraction of sp³-hybridized carbons (Fsp3) is 0.176. The van der Waals surface area contributed by atoms with Crippen LogP contribution < -0.4 is 5.32 Å². The third kappa shape index (κ3) is 3.95. The summed E-state index contributed by atoms with van der Waals surface area (Å²) in [6.45, 7) is 3.14. The normalized spacial score (nSPS) is 11.8. The van der Waals surface area contributed by atoms with Gasteiger partial charge in [-0.25, -0.2) is 4.39 Å². The van der Waals surface area contributed by atoms with Gasteiger partial charge in [0.15, 0.2) is 5.78 Å². The molecule has 0 bridgehead atoms. The van der Waals surface area contributed by atoms with Crippen LogP contribution in [0.1, 0.15) is 24.2 Å². The van der Waals surface area contributed by atoms with Crippen molar-refractivity contribution in [2.24, 2.45) is 0 Å². The number of nitrogens with one attached hydrogen (secondary N) is 1. The number of hydrogen-bond acceptors (Lipinski definition) is 3. The predicted octanol–water partition coefficient (Wildman–Crippen LogP) is 4.15. The fourth-order valence-electron chi connectivity index (χ4n) is 1.92. The lowest BCUT2D eigenvalue weighted by Crippen LogP contribution is -2.23. The van der Waals surface area contributed by atoms with Crippen molar-refractivity contribution in [2.45, 2.75) is 24.0 Å². The van der Waals surface area contributed by atoms with Crippen molar-refractivity contribution in [3.63, 3.8) is 0 Å². The Morgan fingerprint density at radius 2 is 1.73 bits per heavy atom. The quantitative estimate of drug-likeness (QED) is 0.665. The van der Waals surface area contributed by atoms with Gasteiger partial charge in [-0.1, -0.05) is 24.3 Å². The highest BCUT2D eigenvalue weighted by molar-refractivity contribution is 8.00. The molecule has 22 heavy (non-hydrogen) atoms. The van der Waals surface area contributed by atoms with Crippen LogP contribution >= 0.6 is 11.8 Å². The lowest BCUT2D eigenvalue weighted by atomic mass is 10.1. The maximum absolute atomic E-state index is 13.6. The molecule has 0 heterocycles. The average Bonchev–Trinajstić information content (AvgIpc) is 2.49. The summed E-state index contributed by atoms with van der Waals surface area (Å²) < 4.78 is 13.6. The Hall–Kier alpha value is -2.14. The molecular formula is C17H16FNO2S. The van der Waals surface area contributed by atoms with Gasteiger partial charge in [0, 0.05) is 10.5 Å². The smallest absolute Gasteiger partial charge is 0.237 e. The minimum atomic E-state index is -0.489. The van der Waals surface area contributed by atoms with Crippen LogP contribution in [0.5, 0.6) is 0 Å². The van der Waals surface area contributed by atoms with E-state index >= 15 is 0 Å². The Balaban J connectivity index is 2.09. The van der Waals surface area contributed by atoms with Crippen LogP contribution in [0.2, 0.25) is 0 Å². The van der Waals surface area contributed by atoms with Crippen LogP contribution in [0.4, 0.5) is 10.1 Å². The molecule has 2 rings (SSSR count). The lowest BCUT2D eigenvalue weighted by Gasteiger charge is -2.14. The van der Waals surface area contributed by atoms with Crippen molar-refractivity contribution < 1.29 is 14.0 Å². The Morgan fingerprint density at radius 1 is 1.09 bits per heavy atom. The Kier molecular flexibility index (Phi) is 5.33. The first-order valence-electron chi connectivity index (χ1n) is 6.81. The third-order valence-electron chi connectivity index (χ3n) is 3.07. The molecule has 0 aromatic heterocycles. The molecule has 0 radical (unpaired) electrons. The summed E-state index contributed by atoms with van der Waals surface area (Å²) in [5, 5.41) is 2.24. The summed E-state index contributed by atoms with van der Waals surface area (Å²) in [5.41, 5.74) is 0.930. The van der Waals surface area contributed by atoms with E-state index < -0.39 is 5.25 Å². The number of halogens is 1. The van der Waals surface area contributed by atoms with Crippen LogP contribution in [0.3, 0.4) is 0 Å². The van der Waals surface area contributed by atoms with Crippen molar-refractivity contribution in [3.8, 4) is 0 Å². The number of para-hydroxylation sites is 1. The molecule has 0 aliphatic heterocycles. The van der Waals surface area contributed by atoms with Crippen LogP contribution in [0, 0.1) is 5.82 Å². The van der Waals surface area contributed by atoms with Gasteiger partial charge in [0.05, 0.1) is 10.9 Å². The molecule has 5 heteroatoms.